The lowest BCUT2D eigenvalue weighted by Gasteiger charge is -2.26. The van der Waals surface area contributed by atoms with Gasteiger partial charge >= 0.3 is 0 Å². The van der Waals surface area contributed by atoms with Gasteiger partial charge < -0.3 is 11.1 Å². The maximum absolute atomic E-state index is 12.2. The zero-order valence-corrected chi connectivity index (χ0v) is 14.6. The summed E-state index contributed by atoms with van der Waals surface area (Å²) in [6, 6.07) is 5.05. The lowest BCUT2D eigenvalue weighted by Crippen LogP contribution is -2.25. The predicted molar refractivity (Wildman–Crippen MR) is 89.1 cm³/mol. The molecular formula is C16H23BrN2O2. The first-order chi connectivity index (χ1) is 9.60. The van der Waals surface area contributed by atoms with Gasteiger partial charge in [0.05, 0.1) is 11.3 Å². The Morgan fingerprint density at radius 1 is 1.33 bits per heavy atom. The molecule has 5 heteroatoms. The fraction of sp³-hybridized carbons (Fsp3) is 0.500. The van der Waals surface area contributed by atoms with Gasteiger partial charge in [0.1, 0.15) is 0 Å². The van der Waals surface area contributed by atoms with Crippen LogP contribution in [-0.2, 0) is 4.79 Å². The Hall–Kier alpha value is -1.36. The summed E-state index contributed by atoms with van der Waals surface area (Å²) in [5, 5.41) is 2.79. The van der Waals surface area contributed by atoms with E-state index in [9.17, 15) is 9.59 Å². The minimum atomic E-state index is -0.562. The Kier molecular flexibility index (Phi) is 5.96. The molecule has 1 aromatic carbocycles. The van der Waals surface area contributed by atoms with Gasteiger partial charge in [-0.15, -0.1) is 0 Å². The summed E-state index contributed by atoms with van der Waals surface area (Å²) >= 11 is 3.29. The summed E-state index contributed by atoms with van der Waals surface area (Å²) in [6.45, 7) is 8.42. The van der Waals surface area contributed by atoms with Gasteiger partial charge in [-0.1, -0.05) is 43.6 Å². The summed E-state index contributed by atoms with van der Waals surface area (Å²) in [4.78, 5) is 23.6. The number of carbonyl (C=O) groups excluding carboxylic acids is 2. The molecule has 0 heterocycles. The van der Waals surface area contributed by atoms with E-state index < -0.39 is 5.91 Å². The number of halogens is 1. The van der Waals surface area contributed by atoms with Crippen molar-refractivity contribution in [2.24, 2.45) is 17.1 Å². The first kappa shape index (κ1) is 17.7. The van der Waals surface area contributed by atoms with Crippen LogP contribution >= 0.6 is 15.9 Å². The van der Waals surface area contributed by atoms with Crippen LogP contribution in [0.3, 0.4) is 0 Å². The van der Waals surface area contributed by atoms with Crippen LogP contribution in [0.4, 0.5) is 5.69 Å². The molecule has 0 aliphatic heterocycles. The number of nitrogens with one attached hydrogen (secondary N) is 1. The van der Waals surface area contributed by atoms with Gasteiger partial charge in [-0.3, -0.25) is 9.59 Å². The van der Waals surface area contributed by atoms with Crippen LogP contribution in [-0.4, -0.2) is 11.8 Å². The van der Waals surface area contributed by atoms with E-state index in [1.807, 2.05) is 0 Å². The van der Waals surface area contributed by atoms with Crippen molar-refractivity contribution in [2.45, 2.75) is 40.5 Å². The SMILES string of the molecule is CC(C)CC(C)(C)CC(=O)Nc1ccc(Br)cc1C(N)=O. The topological polar surface area (TPSA) is 72.2 Å². The van der Waals surface area contributed by atoms with Gasteiger partial charge in [0.25, 0.3) is 5.91 Å². The number of primary amides is 1. The smallest absolute Gasteiger partial charge is 0.250 e. The van der Waals surface area contributed by atoms with Gasteiger partial charge in [-0.25, -0.2) is 0 Å². The number of benzene rings is 1. The summed E-state index contributed by atoms with van der Waals surface area (Å²) < 4.78 is 0.745. The van der Waals surface area contributed by atoms with Gasteiger partial charge in [0, 0.05) is 10.9 Å². The molecule has 0 saturated heterocycles. The number of anilines is 1. The normalized spacial score (nSPS) is 11.5. The van der Waals surface area contributed by atoms with Gasteiger partial charge in [0.2, 0.25) is 5.91 Å². The molecule has 1 rings (SSSR count). The van der Waals surface area contributed by atoms with Crippen LogP contribution in [0.15, 0.2) is 22.7 Å². The molecule has 0 atom stereocenters. The van der Waals surface area contributed by atoms with Crippen LogP contribution < -0.4 is 11.1 Å². The van der Waals surface area contributed by atoms with Crippen LogP contribution in [0.1, 0.15) is 50.9 Å². The second-order valence-corrected chi connectivity index (χ2v) is 7.46. The highest BCUT2D eigenvalue weighted by Gasteiger charge is 2.24. The van der Waals surface area contributed by atoms with Crippen molar-refractivity contribution < 1.29 is 9.59 Å². The highest BCUT2D eigenvalue weighted by molar-refractivity contribution is 9.10. The minimum Gasteiger partial charge on any atom is -0.366 e. The number of nitrogens with two attached hydrogens (primary N) is 1. The molecule has 1 aromatic rings. The molecule has 2 amide bonds. The summed E-state index contributed by atoms with van der Waals surface area (Å²) in [5.41, 5.74) is 6.02. The van der Waals surface area contributed by atoms with E-state index in [1.54, 1.807) is 18.2 Å². The average molecular weight is 355 g/mol. The van der Waals surface area contributed by atoms with Crippen LogP contribution in [0.25, 0.3) is 0 Å². The number of rotatable bonds is 6. The maximum Gasteiger partial charge on any atom is 0.250 e. The van der Waals surface area contributed by atoms with Gasteiger partial charge in [-0.2, -0.15) is 0 Å². The first-order valence-corrected chi connectivity index (χ1v) is 7.79. The van der Waals surface area contributed by atoms with Crippen molar-refractivity contribution in [1.82, 2.24) is 0 Å². The highest BCUT2D eigenvalue weighted by atomic mass is 79.9. The van der Waals surface area contributed by atoms with E-state index in [2.05, 4.69) is 48.9 Å². The molecule has 0 aliphatic carbocycles. The largest absolute Gasteiger partial charge is 0.366 e. The standard InChI is InChI=1S/C16H23BrN2O2/c1-10(2)8-16(3,4)9-14(20)19-13-6-5-11(17)7-12(13)15(18)21/h5-7,10H,8-9H2,1-4H3,(H2,18,21)(H,19,20). The van der Waals surface area contributed by atoms with Gasteiger partial charge in [0.15, 0.2) is 0 Å². The third-order valence-corrected chi connectivity index (χ3v) is 3.61. The van der Waals surface area contributed by atoms with Crippen LogP contribution in [0.2, 0.25) is 0 Å². The fourth-order valence-corrected chi connectivity index (χ4v) is 3.00. The van der Waals surface area contributed by atoms with E-state index in [0.717, 1.165) is 10.9 Å². The molecule has 0 radical (unpaired) electrons. The van der Waals surface area contributed by atoms with Crippen molar-refractivity contribution in [3.63, 3.8) is 0 Å². The number of carbonyl (C=O) groups is 2. The molecular weight excluding hydrogens is 332 g/mol. The molecule has 0 spiro atoms. The molecule has 0 saturated carbocycles. The first-order valence-electron chi connectivity index (χ1n) is 7.00. The molecule has 0 bridgehead atoms. The zero-order chi connectivity index (χ0) is 16.2. The van der Waals surface area contributed by atoms with Crippen molar-refractivity contribution in [3.8, 4) is 0 Å². The van der Waals surface area contributed by atoms with Crippen molar-refractivity contribution in [3.05, 3.63) is 28.2 Å². The predicted octanol–water partition coefficient (Wildman–Crippen LogP) is 3.95. The Labute approximate surface area is 134 Å². The molecule has 0 aliphatic rings. The van der Waals surface area contributed by atoms with Crippen LogP contribution in [0, 0.1) is 11.3 Å². The second-order valence-electron chi connectivity index (χ2n) is 6.54. The van der Waals surface area contributed by atoms with Crippen molar-refractivity contribution in [1.29, 1.82) is 0 Å². The molecule has 0 fully saturated rings. The Bertz CT molecular complexity index is 539. The van der Waals surface area contributed by atoms with E-state index in [0.29, 0.717) is 23.6 Å². The average Bonchev–Trinajstić information content (AvgIpc) is 2.28. The quantitative estimate of drug-likeness (QED) is 0.811. The monoisotopic (exact) mass is 354 g/mol. The summed E-state index contributed by atoms with van der Waals surface area (Å²) in [7, 11) is 0. The molecule has 116 valence electrons. The van der Waals surface area contributed by atoms with Gasteiger partial charge in [-0.05, 0) is 36.0 Å². The number of amides is 2. The lowest BCUT2D eigenvalue weighted by atomic mass is 9.81. The Morgan fingerprint density at radius 3 is 2.48 bits per heavy atom. The third kappa shape index (κ3) is 5.87. The lowest BCUT2D eigenvalue weighted by molar-refractivity contribution is -0.118. The minimum absolute atomic E-state index is 0.0828. The van der Waals surface area contributed by atoms with Crippen LogP contribution in [0.5, 0.6) is 0 Å². The van der Waals surface area contributed by atoms with Crippen molar-refractivity contribution in [2.75, 3.05) is 5.32 Å². The number of hydrogen-bond acceptors (Lipinski definition) is 2. The molecule has 0 aromatic heterocycles. The second kappa shape index (κ2) is 7.07. The molecule has 3 N–H and O–H groups in total. The third-order valence-electron chi connectivity index (χ3n) is 3.12. The highest BCUT2D eigenvalue weighted by Crippen LogP contribution is 2.30. The van der Waals surface area contributed by atoms with E-state index in [4.69, 9.17) is 5.73 Å². The Morgan fingerprint density at radius 2 is 1.95 bits per heavy atom. The summed E-state index contributed by atoms with van der Waals surface area (Å²) in [5.74, 6) is -0.139. The molecule has 21 heavy (non-hydrogen) atoms. The van der Waals surface area contributed by atoms with E-state index in [-0.39, 0.29) is 11.3 Å². The Balaban J connectivity index is 2.82. The number of hydrogen-bond donors (Lipinski definition) is 2. The zero-order valence-electron chi connectivity index (χ0n) is 13.0. The van der Waals surface area contributed by atoms with E-state index >= 15 is 0 Å². The molecule has 0 unspecified atom stereocenters. The van der Waals surface area contributed by atoms with E-state index in [1.165, 1.54) is 0 Å². The maximum atomic E-state index is 12.2. The fourth-order valence-electron chi connectivity index (χ4n) is 2.64. The molecule has 4 nitrogen and oxygen atoms in total. The van der Waals surface area contributed by atoms with Crippen molar-refractivity contribution >= 4 is 33.4 Å². The summed E-state index contributed by atoms with van der Waals surface area (Å²) in [6.07, 6.45) is 1.36.